The summed E-state index contributed by atoms with van der Waals surface area (Å²) in [7, 11) is 0. The maximum Gasteiger partial charge on any atom is 0.265 e. The van der Waals surface area contributed by atoms with E-state index >= 15 is 0 Å². The van der Waals surface area contributed by atoms with Crippen molar-refractivity contribution in [2.75, 3.05) is 5.32 Å². The van der Waals surface area contributed by atoms with E-state index in [1.807, 2.05) is 91.9 Å². The van der Waals surface area contributed by atoms with Crippen molar-refractivity contribution in [3.8, 4) is 11.5 Å². The molecule has 0 saturated heterocycles. The highest BCUT2D eigenvalue weighted by Crippen LogP contribution is 2.18. The van der Waals surface area contributed by atoms with Crippen LogP contribution in [0, 0.1) is 0 Å². The van der Waals surface area contributed by atoms with E-state index in [1.165, 1.54) is 0 Å². The molecule has 0 unspecified atom stereocenters. The van der Waals surface area contributed by atoms with E-state index in [2.05, 4.69) is 5.32 Å². The molecule has 0 radical (unpaired) electrons. The van der Waals surface area contributed by atoms with Crippen molar-refractivity contribution in [3.05, 3.63) is 90.5 Å². The number of benzene rings is 3. The van der Waals surface area contributed by atoms with Gasteiger partial charge in [0.1, 0.15) is 18.1 Å². The Kier molecular flexibility index (Phi) is 6.47. The number of hydrogen-bond donors (Lipinski definition) is 1. The molecule has 4 heteroatoms. The fraction of sp³-hybridized carbons (Fsp3) is 0.174. The Hall–Kier alpha value is -3.27. The van der Waals surface area contributed by atoms with Gasteiger partial charge in [-0.05, 0) is 48.4 Å². The fourth-order valence-corrected chi connectivity index (χ4v) is 2.58. The number of hydrogen-bond acceptors (Lipinski definition) is 3. The van der Waals surface area contributed by atoms with E-state index in [4.69, 9.17) is 9.47 Å². The first-order chi connectivity index (χ1) is 13.2. The molecule has 1 atom stereocenters. The van der Waals surface area contributed by atoms with Crippen LogP contribution in [0.2, 0.25) is 0 Å². The molecular formula is C23H23NO3. The minimum atomic E-state index is -0.540. The topological polar surface area (TPSA) is 47.6 Å². The molecular weight excluding hydrogens is 338 g/mol. The Bertz CT molecular complexity index is 833. The van der Waals surface area contributed by atoms with Gasteiger partial charge in [-0.1, -0.05) is 55.5 Å². The molecule has 0 heterocycles. The zero-order valence-electron chi connectivity index (χ0n) is 15.3. The number of ether oxygens (including phenoxy) is 2. The average molecular weight is 361 g/mol. The van der Waals surface area contributed by atoms with Gasteiger partial charge in [0.05, 0.1) is 0 Å². The normalized spacial score (nSPS) is 11.4. The van der Waals surface area contributed by atoms with Crippen molar-refractivity contribution in [3.63, 3.8) is 0 Å². The summed E-state index contributed by atoms with van der Waals surface area (Å²) >= 11 is 0. The standard InChI is InChI=1S/C23H23NO3/c1-2-22(27-21-11-7-4-8-12-21)23(25)24-19-13-15-20(16-14-19)26-17-18-9-5-3-6-10-18/h3-16,22H,2,17H2,1H3,(H,24,25)/t22-/m1/s1. The summed E-state index contributed by atoms with van der Waals surface area (Å²) in [5.41, 5.74) is 1.82. The third-order valence-electron chi connectivity index (χ3n) is 4.05. The second kappa shape index (κ2) is 9.43. The van der Waals surface area contributed by atoms with E-state index in [1.54, 1.807) is 0 Å². The van der Waals surface area contributed by atoms with E-state index < -0.39 is 6.10 Å². The molecule has 0 aliphatic carbocycles. The molecule has 27 heavy (non-hydrogen) atoms. The van der Waals surface area contributed by atoms with Crippen LogP contribution in [0.5, 0.6) is 11.5 Å². The van der Waals surface area contributed by atoms with Crippen molar-refractivity contribution >= 4 is 11.6 Å². The van der Waals surface area contributed by atoms with Crippen LogP contribution in [0.1, 0.15) is 18.9 Å². The van der Waals surface area contributed by atoms with E-state index in [0.29, 0.717) is 24.5 Å². The predicted molar refractivity (Wildman–Crippen MR) is 107 cm³/mol. The van der Waals surface area contributed by atoms with Crippen LogP contribution in [0.15, 0.2) is 84.9 Å². The highest BCUT2D eigenvalue weighted by molar-refractivity contribution is 5.94. The van der Waals surface area contributed by atoms with Crippen LogP contribution in [-0.4, -0.2) is 12.0 Å². The molecule has 0 spiro atoms. The van der Waals surface area contributed by atoms with Crippen LogP contribution in [0.3, 0.4) is 0 Å². The molecule has 1 amide bonds. The van der Waals surface area contributed by atoms with Gasteiger partial charge in [-0.25, -0.2) is 0 Å². The Labute approximate surface area is 159 Å². The first-order valence-corrected chi connectivity index (χ1v) is 9.04. The maximum atomic E-state index is 12.5. The lowest BCUT2D eigenvalue weighted by Gasteiger charge is -2.17. The molecule has 138 valence electrons. The number of rotatable bonds is 8. The van der Waals surface area contributed by atoms with Crippen molar-refractivity contribution < 1.29 is 14.3 Å². The van der Waals surface area contributed by atoms with Gasteiger partial charge in [0.25, 0.3) is 5.91 Å². The van der Waals surface area contributed by atoms with Gasteiger partial charge in [-0.15, -0.1) is 0 Å². The minimum absolute atomic E-state index is 0.167. The Morgan fingerprint density at radius 1 is 0.852 bits per heavy atom. The lowest BCUT2D eigenvalue weighted by Crippen LogP contribution is -2.32. The second-order valence-electron chi connectivity index (χ2n) is 6.12. The number of para-hydroxylation sites is 1. The van der Waals surface area contributed by atoms with Gasteiger partial charge in [0, 0.05) is 5.69 Å². The summed E-state index contributed by atoms with van der Waals surface area (Å²) in [6.45, 7) is 2.43. The average Bonchev–Trinajstić information content (AvgIpc) is 2.73. The van der Waals surface area contributed by atoms with E-state index in [9.17, 15) is 4.79 Å². The van der Waals surface area contributed by atoms with E-state index in [0.717, 1.165) is 11.3 Å². The number of carbonyl (C=O) groups excluding carboxylic acids is 1. The molecule has 0 aliphatic heterocycles. The van der Waals surface area contributed by atoms with Crippen molar-refractivity contribution in [2.45, 2.75) is 26.1 Å². The molecule has 0 saturated carbocycles. The van der Waals surface area contributed by atoms with Gasteiger partial charge in [-0.3, -0.25) is 4.79 Å². The van der Waals surface area contributed by atoms with Gasteiger partial charge >= 0.3 is 0 Å². The van der Waals surface area contributed by atoms with Crippen molar-refractivity contribution in [1.82, 2.24) is 0 Å². The first kappa shape index (κ1) is 18.5. The van der Waals surface area contributed by atoms with Gasteiger partial charge in [0.15, 0.2) is 6.10 Å². The quantitative estimate of drug-likeness (QED) is 0.610. The molecule has 0 aliphatic rings. The first-order valence-electron chi connectivity index (χ1n) is 9.04. The van der Waals surface area contributed by atoms with Crippen molar-refractivity contribution in [1.29, 1.82) is 0 Å². The van der Waals surface area contributed by atoms with Crippen LogP contribution in [0.25, 0.3) is 0 Å². The summed E-state index contributed by atoms with van der Waals surface area (Å²) in [5, 5.41) is 2.89. The highest BCUT2D eigenvalue weighted by atomic mass is 16.5. The van der Waals surface area contributed by atoms with Crippen molar-refractivity contribution in [2.24, 2.45) is 0 Å². The summed E-state index contributed by atoms with van der Waals surface area (Å²) < 4.78 is 11.5. The fourth-order valence-electron chi connectivity index (χ4n) is 2.58. The van der Waals surface area contributed by atoms with Gasteiger partial charge in [0.2, 0.25) is 0 Å². The van der Waals surface area contributed by atoms with Gasteiger partial charge < -0.3 is 14.8 Å². The summed E-state index contributed by atoms with van der Waals surface area (Å²) in [4.78, 5) is 12.5. The highest BCUT2D eigenvalue weighted by Gasteiger charge is 2.18. The number of nitrogens with one attached hydrogen (secondary N) is 1. The Morgan fingerprint density at radius 2 is 1.48 bits per heavy atom. The third kappa shape index (κ3) is 5.61. The minimum Gasteiger partial charge on any atom is -0.489 e. The number of anilines is 1. The van der Waals surface area contributed by atoms with Crippen LogP contribution >= 0.6 is 0 Å². The maximum absolute atomic E-state index is 12.5. The van der Waals surface area contributed by atoms with Crippen LogP contribution in [0.4, 0.5) is 5.69 Å². The summed E-state index contributed by atoms with van der Waals surface area (Å²) in [6.07, 6.45) is 0.0420. The van der Waals surface area contributed by atoms with E-state index in [-0.39, 0.29) is 5.91 Å². The molecule has 3 aromatic rings. The molecule has 0 fully saturated rings. The molecule has 0 aromatic heterocycles. The molecule has 1 N–H and O–H groups in total. The lowest BCUT2D eigenvalue weighted by atomic mass is 10.2. The van der Waals surface area contributed by atoms with Gasteiger partial charge in [-0.2, -0.15) is 0 Å². The lowest BCUT2D eigenvalue weighted by molar-refractivity contribution is -0.122. The van der Waals surface area contributed by atoms with Crippen LogP contribution in [-0.2, 0) is 11.4 Å². The molecule has 3 aromatic carbocycles. The number of carbonyl (C=O) groups is 1. The van der Waals surface area contributed by atoms with Crippen LogP contribution < -0.4 is 14.8 Å². The molecule has 3 rings (SSSR count). The Balaban J connectivity index is 1.54. The summed E-state index contributed by atoms with van der Waals surface area (Å²) in [6, 6.07) is 26.7. The molecule has 4 nitrogen and oxygen atoms in total. The molecule has 0 bridgehead atoms. The predicted octanol–water partition coefficient (Wildman–Crippen LogP) is 5.06. The second-order valence-corrected chi connectivity index (χ2v) is 6.12. The SMILES string of the molecule is CC[C@@H](Oc1ccccc1)C(=O)Nc1ccc(OCc2ccccc2)cc1. The zero-order chi connectivity index (χ0) is 18.9. The smallest absolute Gasteiger partial charge is 0.265 e. The summed E-state index contributed by atoms with van der Waals surface area (Å²) in [5.74, 6) is 1.27. The number of amides is 1. The Morgan fingerprint density at radius 3 is 2.11 bits per heavy atom. The largest absolute Gasteiger partial charge is 0.489 e. The monoisotopic (exact) mass is 361 g/mol. The zero-order valence-corrected chi connectivity index (χ0v) is 15.3. The third-order valence-corrected chi connectivity index (χ3v) is 4.05.